The van der Waals surface area contributed by atoms with Crippen molar-refractivity contribution in [2.75, 3.05) is 79.2 Å². The molecule has 0 aromatic carbocycles. The second-order valence-electron chi connectivity index (χ2n) is 9.10. The molecule has 0 bridgehead atoms. The van der Waals surface area contributed by atoms with E-state index in [0.29, 0.717) is 12.2 Å². The number of piperazine rings is 1. The van der Waals surface area contributed by atoms with E-state index in [1.807, 2.05) is 0 Å². The molecule has 1 N–H and O–H groups in total. The summed E-state index contributed by atoms with van der Waals surface area (Å²) < 4.78 is 12.0. The standard InChI is InChI=1S/C23H45N5O2.HI/c1-3-24-23(25-11-5-6-12-27-17-15-26(2)16-18-27)28-13-9-21(10-14-28)30-20-22-8-4-7-19-29-22;/h21-22H,3-20H2,1-2H3,(H,24,25);1H. The van der Waals surface area contributed by atoms with Gasteiger partial charge in [-0.05, 0) is 65.5 Å². The number of piperidine rings is 1. The average molecular weight is 552 g/mol. The van der Waals surface area contributed by atoms with Crippen molar-refractivity contribution in [3.8, 4) is 0 Å². The average Bonchev–Trinajstić information content (AvgIpc) is 2.79. The van der Waals surface area contributed by atoms with Gasteiger partial charge in [0.05, 0.1) is 18.8 Å². The fraction of sp³-hybridized carbons (Fsp3) is 0.957. The summed E-state index contributed by atoms with van der Waals surface area (Å²) in [4.78, 5) is 12.4. The van der Waals surface area contributed by atoms with E-state index in [4.69, 9.17) is 14.5 Å². The van der Waals surface area contributed by atoms with E-state index in [0.717, 1.165) is 64.6 Å². The summed E-state index contributed by atoms with van der Waals surface area (Å²) >= 11 is 0. The summed E-state index contributed by atoms with van der Waals surface area (Å²) in [5.74, 6) is 1.09. The van der Waals surface area contributed by atoms with Crippen LogP contribution in [0.5, 0.6) is 0 Å². The van der Waals surface area contributed by atoms with E-state index >= 15 is 0 Å². The maximum Gasteiger partial charge on any atom is 0.193 e. The van der Waals surface area contributed by atoms with Crippen molar-refractivity contribution in [3.05, 3.63) is 0 Å². The fourth-order valence-corrected chi connectivity index (χ4v) is 4.55. The molecule has 3 heterocycles. The number of ether oxygens (including phenoxy) is 2. The van der Waals surface area contributed by atoms with E-state index in [1.54, 1.807) is 0 Å². The van der Waals surface area contributed by atoms with Crippen molar-refractivity contribution in [2.45, 2.75) is 64.1 Å². The minimum Gasteiger partial charge on any atom is -0.376 e. The van der Waals surface area contributed by atoms with Gasteiger partial charge >= 0.3 is 0 Å². The van der Waals surface area contributed by atoms with Gasteiger partial charge in [-0.15, -0.1) is 24.0 Å². The summed E-state index contributed by atoms with van der Waals surface area (Å²) in [5, 5.41) is 3.50. The van der Waals surface area contributed by atoms with Gasteiger partial charge in [0, 0.05) is 59.0 Å². The molecule has 0 aromatic rings. The molecule has 0 saturated carbocycles. The zero-order valence-corrected chi connectivity index (χ0v) is 22.2. The normalized spacial score (nSPS) is 24.8. The summed E-state index contributed by atoms with van der Waals surface area (Å²) in [6.07, 6.45) is 8.92. The SMILES string of the molecule is CCNC(=NCCCCN1CCN(C)CC1)N1CCC(OCC2CCCCO2)CC1.I. The Morgan fingerprint density at radius 2 is 1.81 bits per heavy atom. The van der Waals surface area contributed by atoms with Gasteiger partial charge < -0.3 is 29.5 Å². The summed E-state index contributed by atoms with van der Waals surface area (Å²) in [6, 6.07) is 0. The van der Waals surface area contributed by atoms with Crippen LogP contribution >= 0.6 is 24.0 Å². The highest BCUT2D eigenvalue weighted by Gasteiger charge is 2.23. The number of guanidine groups is 1. The second-order valence-corrected chi connectivity index (χ2v) is 9.10. The summed E-state index contributed by atoms with van der Waals surface area (Å²) in [6.45, 7) is 13.8. The highest BCUT2D eigenvalue weighted by Crippen LogP contribution is 2.18. The van der Waals surface area contributed by atoms with E-state index in [9.17, 15) is 0 Å². The molecule has 0 amide bonds. The van der Waals surface area contributed by atoms with Crippen LogP contribution in [-0.2, 0) is 9.47 Å². The minimum absolute atomic E-state index is 0. The third kappa shape index (κ3) is 10.1. The molecule has 3 rings (SSSR count). The van der Waals surface area contributed by atoms with Gasteiger partial charge in [0.2, 0.25) is 0 Å². The molecule has 1 atom stereocenters. The van der Waals surface area contributed by atoms with Crippen molar-refractivity contribution in [1.29, 1.82) is 0 Å². The van der Waals surface area contributed by atoms with Crippen molar-refractivity contribution in [2.24, 2.45) is 4.99 Å². The first-order valence-electron chi connectivity index (χ1n) is 12.4. The lowest BCUT2D eigenvalue weighted by Crippen LogP contribution is -2.47. The van der Waals surface area contributed by atoms with Crippen molar-refractivity contribution in [3.63, 3.8) is 0 Å². The van der Waals surface area contributed by atoms with Gasteiger partial charge in [-0.1, -0.05) is 0 Å². The number of rotatable bonds is 9. The molecule has 31 heavy (non-hydrogen) atoms. The Labute approximate surface area is 207 Å². The zero-order valence-electron chi connectivity index (χ0n) is 19.9. The Morgan fingerprint density at radius 3 is 2.48 bits per heavy atom. The number of aliphatic imine (C=N–C) groups is 1. The zero-order chi connectivity index (χ0) is 21.0. The molecule has 3 aliphatic rings. The van der Waals surface area contributed by atoms with Crippen LogP contribution in [-0.4, -0.2) is 112 Å². The number of hydrogen-bond donors (Lipinski definition) is 1. The van der Waals surface area contributed by atoms with Crippen LogP contribution in [0.15, 0.2) is 4.99 Å². The summed E-state index contributed by atoms with van der Waals surface area (Å²) in [7, 11) is 2.22. The van der Waals surface area contributed by atoms with Crippen LogP contribution in [0, 0.1) is 0 Å². The van der Waals surface area contributed by atoms with Crippen LogP contribution in [0.2, 0.25) is 0 Å². The molecule has 0 spiro atoms. The molecule has 0 radical (unpaired) electrons. The maximum atomic E-state index is 6.17. The van der Waals surface area contributed by atoms with Crippen molar-refractivity contribution in [1.82, 2.24) is 20.0 Å². The smallest absolute Gasteiger partial charge is 0.193 e. The quantitative estimate of drug-likeness (QED) is 0.206. The molecule has 0 aromatic heterocycles. The lowest BCUT2D eigenvalue weighted by atomic mass is 10.1. The number of likely N-dealkylation sites (tertiary alicyclic amines) is 1. The van der Waals surface area contributed by atoms with Gasteiger partial charge in [0.1, 0.15) is 0 Å². The number of likely N-dealkylation sites (N-methyl/N-ethyl adjacent to an activating group) is 1. The van der Waals surface area contributed by atoms with Gasteiger partial charge in [0.25, 0.3) is 0 Å². The number of nitrogens with one attached hydrogen (secondary N) is 1. The predicted molar refractivity (Wildman–Crippen MR) is 139 cm³/mol. The first kappa shape index (κ1) is 27.1. The van der Waals surface area contributed by atoms with Crippen LogP contribution in [0.3, 0.4) is 0 Å². The molecular formula is C23H46IN5O2. The number of halogens is 1. The van der Waals surface area contributed by atoms with Gasteiger partial charge in [-0.3, -0.25) is 4.99 Å². The fourth-order valence-electron chi connectivity index (χ4n) is 4.55. The lowest BCUT2D eigenvalue weighted by molar-refractivity contribution is -0.0721. The second kappa shape index (κ2) is 15.6. The number of unbranched alkanes of at least 4 members (excludes halogenated alkanes) is 1. The first-order valence-corrected chi connectivity index (χ1v) is 12.4. The third-order valence-electron chi connectivity index (χ3n) is 6.61. The minimum atomic E-state index is 0. The molecule has 3 aliphatic heterocycles. The van der Waals surface area contributed by atoms with Gasteiger partial charge in [-0.25, -0.2) is 0 Å². The van der Waals surface area contributed by atoms with Crippen LogP contribution < -0.4 is 5.32 Å². The Bertz CT molecular complexity index is 488. The first-order chi connectivity index (χ1) is 14.7. The molecular weight excluding hydrogens is 505 g/mol. The molecule has 3 saturated heterocycles. The van der Waals surface area contributed by atoms with Gasteiger partial charge in [-0.2, -0.15) is 0 Å². The van der Waals surface area contributed by atoms with Crippen LogP contribution in [0.25, 0.3) is 0 Å². The van der Waals surface area contributed by atoms with E-state index in [2.05, 4.69) is 34.0 Å². The molecule has 182 valence electrons. The number of nitrogens with zero attached hydrogens (tertiary/aromatic N) is 4. The maximum absolute atomic E-state index is 6.17. The predicted octanol–water partition coefficient (Wildman–Crippen LogP) is 2.65. The summed E-state index contributed by atoms with van der Waals surface area (Å²) in [5.41, 5.74) is 0. The molecule has 1 unspecified atom stereocenters. The highest BCUT2D eigenvalue weighted by molar-refractivity contribution is 14.0. The molecule has 3 fully saturated rings. The third-order valence-corrected chi connectivity index (χ3v) is 6.61. The Morgan fingerprint density at radius 1 is 1.03 bits per heavy atom. The molecule has 8 heteroatoms. The van der Waals surface area contributed by atoms with Crippen molar-refractivity contribution < 1.29 is 9.47 Å². The van der Waals surface area contributed by atoms with E-state index in [-0.39, 0.29) is 24.0 Å². The highest BCUT2D eigenvalue weighted by atomic mass is 127. The Balaban J connectivity index is 0.00000341. The topological polar surface area (TPSA) is 52.6 Å². The Kier molecular flexibility index (Phi) is 13.7. The molecule has 0 aliphatic carbocycles. The number of hydrogen-bond acceptors (Lipinski definition) is 5. The van der Waals surface area contributed by atoms with Crippen LogP contribution in [0.1, 0.15) is 51.9 Å². The largest absolute Gasteiger partial charge is 0.376 e. The van der Waals surface area contributed by atoms with Gasteiger partial charge in [0.15, 0.2) is 5.96 Å². The monoisotopic (exact) mass is 551 g/mol. The van der Waals surface area contributed by atoms with E-state index in [1.165, 1.54) is 58.4 Å². The lowest BCUT2D eigenvalue weighted by Gasteiger charge is -2.35. The van der Waals surface area contributed by atoms with E-state index < -0.39 is 0 Å². The van der Waals surface area contributed by atoms with Crippen molar-refractivity contribution >= 4 is 29.9 Å². The Hall–Kier alpha value is -0.160. The molecule has 7 nitrogen and oxygen atoms in total. The van der Waals surface area contributed by atoms with Crippen LogP contribution in [0.4, 0.5) is 0 Å².